The maximum atomic E-state index is 4.95. The van der Waals surface area contributed by atoms with E-state index < -0.39 is 0 Å². The van der Waals surface area contributed by atoms with Gasteiger partial charge in [0.05, 0.1) is 5.52 Å². The lowest BCUT2D eigenvalue weighted by atomic mass is 9.99. The van der Waals surface area contributed by atoms with Gasteiger partial charge < -0.3 is 4.90 Å². The Balaban J connectivity index is 1.85. The third kappa shape index (κ3) is 3.03. The minimum Gasteiger partial charge on any atom is -0.356 e. The van der Waals surface area contributed by atoms with Crippen LogP contribution in [0.3, 0.4) is 0 Å². The van der Waals surface area contributed by atoms with E-state index in [4.69, 9.17) is 9.97 Å². The molecule has 0 atom stereocenters. The fourth-order valence-electron chi connectivity index (χ4n) is 3.28. The number of hydrogen-bond acceptors (Lipinski definition) is 3. The van der Waals surface area contributed by atoms with E-state index in [2.05, 4.69) is 58.1 Å². The molecule has 3 aromatic rings. The molecular formula is C20H20BrN3. The Morgan fingerprint density at radius 1 is 1.00 bits per heavy atom. The van der Waals surface area contributed by atoms with E-state index in [0.29, 0.717) is 0 Å². The van der Waals surface area contributed by atoms with Crippen LogP contribution in [-0.4, -0.2) is 23.1 Å². The summed E-state index contributed by atoms with van der Waals surface area (Å²) in [5, 5.41) is 1.14. The number of benzene rings is 2. The molecule has 122 valence electrons. The smallest absolute Gasteiger partial charge is 0.162 e. The first-order valence-electron chi connectivity index (χ1n) is 8.48. The highest BCUT2D eigenvalue weighted by Gasteiger charge is 2.20. The third-order valence-electron chi connectivity index (χ3n) is 4.75. The maximum absolute atomic E-state index is 4.95. The van der Waals surface area contributed by atoms with Crippen LogP contribution in [0.25, 0.3) is 22.3 Å². The molecule has 0 unspecified atom stereocenters. The van der Waals surface area contributed by atoms with Crippen LogP contribution in [0.15, 0.2) is 53.0 Å². The summed E-state index contributed by atoms with van der Waals surface area (Å²) in [6.07, 6.45) is 2.45. The van der Waals surface area contributed by atoms with Gasteiger partial charge in [-0.3, -0.25) is 0 Å². The van der Waals surface area contributed by atoms with Gasteiger partial charge in [-0.2, -0.15) is 0 Å². The minimum atomic E-state index is 0.795. The number of rotatable bonds is 2. The Kier molecular flexibility index (Phi) is 4.23. The Morgan fingerprint density at radius 2 is 1.79 bits per heavy atom. The fourth-order valence-corrected chi connectivity index (χ4v) is 3.68. The molecule has 4 rings (SSSR count). The Hall–Kier alpha value is -1.94. The summed E-state index contributed by atoms with van der Waals surface area (Å²) in [6.45, 7) is 4.47. The van der Waals surface area contributed by atoms with Crippen LogP contribution in [0.1, 0.15) is 19.8 Å². The quantitative estimate of drug-likeness (QED) is 0.603. The average molecular weight is 382 g/mol. The van der Waals surface area contributed by atoms with E-state index in [9.17, 15) is 0 Å². The van der Waals surface area contributed by atoms with Crippen molar-refractivity contribution in [3.8, 4) is 11.4 Å². The van der Waals surface area contributed by atoms with Gasteiger partial charge in [0.15, 0.2) is 5.82 Å². The van der Waals surface area contributed by atoms with Crippen LogP contribution in [0.4, 0.5) is 5.82 Å². The summed E-state index contributed by atoms with van der Waals surface area (Å²) >= 11 is 3.54. The molecule has 0 spiro atoms. The predicted octanol–water partition coefficient (Wildman–Crippen LogP) is 5.30. The molecule has 2 aromatic carbocycles. The lowest BCUT2D eigenvalue weighted by Gasteiger charge is -2.32. The van der Waals surface area contributed by atoms with Gasteiger partial charge in [0.1, 0.15) is 5.82 Å². The first kappa shape index (κ1) is 15.6. The highest BCUT2D eigenvalue weighted by Crippen LogP contribution is 2.30. The third-order valence-corrected chi connectivity index (χ3v) is 5.24. The lowest BCUT2D eigenvalue weighted by Crippen LogP contribution is -2.33. The number of nitrogens with zero attached hydrogens (tertiary/aromatic N) is 3. The molecule has 24 heavy (non-hydrogen) atoms. The van der Waals surface area contributed by atoms with E-state index in [0.717, 1.165) is 51.6 Å². The molecule has 1 saturated heterocycles. The second-order valence-electron chi connectivity index (χ2n) is 6.57. The van der Waals surface area contributed by atoms with Crippen molar-refractivity contribution in [1.82, 2.24) is 9.97 Å². The van der Waals surface area contributed by atoms with Gasteiger partial charge in [0.2, 0.25) is 0 Å². The number of halogens is 1. The second-order valence-corrected chi connectivity index (χ2v) is 7.48. The van der Waals surface area contributed by atoms with E-state index >= 15 is 0 Å². The van der Waals surface area contributed by atoms with Crippen LogP contribution in [0.5, 0.6) is 0 Å². The average Bonchev–Trinajstić information content (AvgIpc) is 2.61. The van der Waals surface area contributed by atoms with Crippen LogP contribution >= 0.6 is 15.9 Å². The molecule has 1 fully saturated rings. The predicted molar refractivity (Wildman–Crippen MR) is 103 cm³/mol. The zero-order valence-electron chi connectivity index (χ0n) is 13.7. The second kappa shape index (κ2) is 6.52. The minimum absolute atomic E-state index is 0.795. The molecule has 0 bridgehead atoms. The van der Waals surface area contributed by atoms with Crippen molar-refractivity contribution < 1.29 is 0 Å². The summed E-state index contributed by atoms with van der Waals surface area (Å²) in [5.74, 6) is 2.67. The first-order valence-corrected chi connectivity index (χ1v) is 9.28. The van der Waals surface area contributed by atoms with Crippen molar-refractivity contribution in [2.24, 2.45) is 5.92 Å². The Bertz CT molecular complexity index is 870. The van der Waals surface area contributed by atoms with Gasteiger partial charge in [-0.15, -0.1) is 0 Å². The van der Waals surface area contributed by atoms with E-state index in [1.54, 1.807) is 0 Å². The van der Waals surface area contributed by atoms with Crippen molar-refractivity contribution in [2.75, 3.05) is 18.0 Å². The molecule has 3 nitrogen and oxygen atoms in total. The molecule has 0 aliphatic carbocycles. The van der Waals surface area contributed by atoms with Crippen LogP contribution < -0.4 is 4.90 Å². The summed E-state index contributed by atoms with van der Waals surface area (Å²) in [6, 6.07) is 16.5. The van der Waals surface area contributed by atoms with Gasteiger partial charge in [0.25, 0.3) is 0 Å². The highest BCUT2D eigenvalue weighted by atomic mass is 79.9. The van der Waals surface area contributed by atoms with E-state index in [-0.39, 0.29) is 0 Å². The van der Waals surface area contributed by atoms with Gasteiger partial charge >= 0.3 is 0 Å². The van der Waals surface area contributed by atoms with Crippen molar-refractivity contribution >= 4 is 32.7 Å². The van der Waals surface area contributed by atoms with Gasteiger partial charge in [-0.25, -0.2) is 9.97 Å². The van der Waals surface area contributed by atoms with E-state index in [1.165, 1.54) is 12.8 Å². The van der Waals surface area contributed by atoms with Gasteiger partial charge in [0, 0.05) is 28.5 Å². The number of hydrogen-bond donors (Lipinski definition) is 0. The molecule has 0 N–H and O–H groups in total. The van der Waals surface area contributed by atoms with Crippen molar-refractivity contribution in [2.45, 2.75) is 19.8 Å². The molecule has 0 saturated carbocycles. The molecular weight excluding hydrogens is 362 g/mol. The zero-order chi connectivity index (χ0) is 16.5. The monoisotopic (exact) mass is 381 g/mol. The summed E-state index contributed by atoms with van der Waals surface area (Å²) in [4.78, 5) is 12.2. The molecule has 1 aromatic heterocycles. The topological polar surface area (TPSA) is 29.0 Å². The molecule has 1 aliphatic rings. The highest BCUT2D eigenvalue weighted by molar-refractivity contribution is 9.10. The number of aromatic nitrogens is 2. The maximum Gasteiger partial charge on any atom is 0.162 e. The largest absolute Gasteiger partial charge is 0.356 e. The summed E-state index contributed by atoms with van der Waals surface area (Å²) < 4.78 is 1.05. The summed E-state index contributed by atoms with van der Waals surface area (Å²) in [5.41, 5.74) is 2.05. The normalized spacial score (nSPS) is 15.8. The van der Waals surface area contributed by atoms with Crippen molar-refractivity contribution in [3.63, 3.8) is 0 Å². The standard InChI is InChI=1S/C20H20BrN3/c1-14-9-11-24(12-10-14)20-17-7-2-3-8-18(17)22-19(23-20)15-5-4-6-16(21)13-15/h2-8,13-14H,9-12H2,1H3. The fraction of sp³-hybridized carbons (Fsp3) is 0.300. The van der Waals surface area contributed by atoms with E-state index in [1.807, 2.05) is 18.2 Å². The first-order chi connectivity index (χ1) is 11.7. The summed E-state index contributed by atoms with van der Waals surface area (Å²) in [7, 11) is 0. The molecule has 2 heterocycles. The Morgan fingerprint density at radius 3 is 2.58 bits per heavy atom. The number of piperidine rings is 1. The SMILES string of the molecule is CC1CCN(c2nc(-c3cccc(Br)c3)nc3ccccc23)CC1. The number of anilines is 1. The molecule has 0 radical (unpaired) electrons. The zero-order valence-corrected chi connectivity index (χ0v) is 15.3. The molecule has 4 heteroatoms. The number of fused-ring (bicyclic) bond motifs is 1. The van der Waals surface area contributed by atoms with Gasteiger partial charge in [-0.05, 0) is 43.0 Å². The van der Waals surface area contributed by atoms with Crippen molar-refractivity contribution in [1.29, 1.82) is 0 Å². The van der Waals surface area contributed by atoms with Crippen LogP contribution in [0.2, 0.25) is 0 Å². The number of para-hydroxylation sites is 1. The lowest BCUT2D eigenvalue weighted by molar-refractivity contribution is 0.437. The molecule has 0 amide bonds. The molecule has 1 aliphatic heterocycles. The Labute approximate surface area is 150 Å². The van der Waals surface area contributed by atoms with Crippen LogP contribution in [0, 0.1) is 5.92 Å². The van der Waals surface area contributed by atoms with Crippen LogP contribution in [-0.2, 0) is 0 Å². The van der Waals surface area contributed by atoms with Crippen molar-refractivity contribution in [3.05, 3.63) is 53.0 Å². The van der Waals surface area contributed by atoms with Gasteiger partial charge in [-0.1, -0.05) is 47.1 Å².